The summed E-state index contributed by atoms with van der Waals surface area (Å²) in [4.78, 5) is 71.8. The highest BCUT2D eigenvalue weighted by atomic mass is 16.6. The van der Waals surface area contributed by atoms with Crippen LogP contribution in [0.2, 0.25) is 0 Å². The minimum atomic E-state index is -0.680. The Morgan fingerprint density at radius 3 is 1.30 bits per heavy atom. The van der Waals surface area contributed by atoms with Gasteiger partial charge in [0.2, 0.25) is 0 Å². The van der Waals surface area contributed by atoms with Gasteiger partial charge in [-0.3, -0.25) is 0 Å². The summed E-state index contributed by atoms with van der Waals surface area (Å²) in [7, 11) is 0. The predicted octanol–water partition coefficient (Wildman–Crippen LogP) is 5.22. The van der Waals surface area contributed by atoms with Crippen LogP contribution >= 0.6 is 0 Å². The Kier molecular flexibility index (Phi) is 14.6. The van der Waals surface area contributed by atoms with E-state index in [4.69, 9.17) is 28.4 Å². The van der Waals surface area contributed by atoms with Gasteiger partial charge in [0, 0.05) is 30.7 Å². The molecule has 0 aliphatic rings. The Morgan fingerprint density at radius 1 is 0.480 bits per heavy atom. The van der Waals surface area contributed by atoms with Gasteiger partial charge in [-0.2, -0.15) is 0 Å². The highest BCUT2D eigenvalue weighted by Crippen LogP contribution is 2.20. The van der Waals surface area contributed by atoms with Gasteiger partial charge >= 0.3 is 35.8 Å². The zero-order chi connectivity index (χ0) is 36.5. The average molecular weight is 683 g/mol. The largest absolute Gasteiger partial charge is 0.462 e. The van der Waals surface area contributed by atoms with Gasteiger partial charge in [0.15, 0.2) is 0 Å². The lowest BCUT2D eigenvalue weighted by Crippen LogP contribution is -2.12. The fraction of sp³-hybridized carbons (Fsp3) is 0.158. The average Bonchev–Trinajstić information content (AvgIpc) is 3.14. The maximum absolute atomic E-state index is 12.9. The number of hydrogen-bond acceptors (Lipinski definition) is 12. The number of carbonyl (C=O) groups excluding carboxylic acids is 6. The van der Waals surface area contributed by atoms with Gasteiger partial charge in [-0.1, -0.05) is 50.6 Å². The molecule has 3 rings (SSSR count). The molecule has 50 heavy (non-hydrogen) atoms. The van der Waals surface area contributed by atoms with Crippen molar-refractivity contribution in [2.45, 2.75) is 32.8 Å². The molecule has 0 aliphatic carbocycles. The van der Waals surface area contributed by atoms with Gasteiger partial charge in [0.1, 0.15) is 32.2 Å². The Bertz CT molecular complexity index is 1790. The molecule has 0 radical (unpaired) electrons. The Hall–Kier alpha value is -6.56. The van der Waals surface area contributed by atoms with Crippen molar-refractivity contribution in [1.82, 2.24) is 0 Å². The smallest absolute Gasteiger partial charge is 0.343 e. The van der Waals surface area contributed by atoms with Crippen molar-refractivity contribution in [3.63, 3.8) is 0 Å². The molecule has 0 spiro atoms. The lowest BCUT2D eigenvalue weighted by molar-refractivity contribution is -0.140. The third kappa shape index (κ3) is 11.9. The molecule has 0 aromatic heterocycles. The first-order chi connectivity index (χ1) is 24.1. The molecule has 0 fully saturated rings. The monoisotopic (exact) mass is 682 g/mol. The number of hydrogen-bond donors (Lipinski definition) is 0. The maximum Gasteiger partial charge on any atom is 0.343 e. The fourth-order valence-corrected chi connectivity index (χ4v) is 4.12. The molecule has 0 heterocycles. The number of esters is 6. The highest BCUT2D eigenvalue weighted by Gasteiger charge is 2.16. The Morgan fingerprint density at radius 2 is 0.880 bits per heavy atom. The third-order valence-corrected chi connectivity index (χ3v) is 6.79. The summed E-state index contributed by atoms with van der Waals surface area (Å²) in [6.45, 7) is 12.8. The van der Waals surface area contributed by atoms with Gasteiger partial charge in [-0.25, -0.2) is 28.8 Å². The van der Waals surface area contributed by atoms with Crippen molar-refractivity contribution in [1.29, 1.82) is 0 Å². The van der Waals surface area contributed by atoms with Crippen molar-refractivity contribution >= 4 is 35.8 Å². The molecule has 12 heteroatoms. The van der Waals surface area contributed by atoms with Crippen LogP contribution in [0, 0.1) is 0 Å². The first-order valence-corrected chi connectivity index (χ1v) is 14.9. The summed E-state index contributed by atoms with van der Waals surface area (Å²) >= 11 is 0. The topological polar surface area (TPSA) is 158 Å². The second kappa shape index (κ2) is 19.3. The molecule has 258 valence electrons. The molecule has 0 amide bonds. The van der Waals surface area contributed by atoms with Gasteiger partial charge < -0.3 is 28.4 Å². The predicted molar refractivity (Wildman–Crippen MR) is 178 cm³/mol. The van der Waals surface area contributed by atoms with E-state index in [0.717, 1.165) is 29.9 Å². The van der Waals surface area contributed by atoms with E-state index in [2.05, 4.69) is 26.3 Å². The molecule has 0 aliphatic heterocycles. The van der Waals surface area contributed by atoms with Crippen LogP contribution in [0.3, 0.4) is 0 Å². The second-order valence-electron chi connectivity index (χ2n) is 10.1. The number of rotatable bonds is 18. The van der Waals surface area contributed by atoms with Crippen molar-refractivity contribution < 1.29 is 57.2 Å². The first-order valence-electron chi connectivity index (χ1n) is 14.9. The van der Waals surface area contributed by atoms with Crippen LogP contribution in [0.25, 0.3) is 0 Å². The molecular weight excluding hydrogens is 648 g/mol. The van der Waals surface area contributed by atoms with Gasteiger partial charge in [0.25, 0.3) is 0 Å². The van der Waals surface area contributed by atoms with Crippen LogP contribution in [-0.4, -0.2) is 42.4 Å². The van der Waals surface area contributed by atoms with E-state index in [1.54, 1.807) is 36.4 Å². The molecule has 0 N–H and O–H groups in total. The summed E-state index contributed by atoms with van der Waals surface area (Å²) < 4.78 is 31.3. The molecule has 0 atom stereocenters. The molecular formula is C38H34O12. The second-order valence-corrected chi connectivity index (χ2v) is 10.1. The van der Waals surface area contributed by atoms with E-state index >= 15 is 0 Å². The van der Waals surface area contributed by atoms with E-state index in [9.17, 15) is 28.8 Å². The van der Waals surface area contributed by atoms with Crippen molar-refractivity contribution in [3.05, 3.63) is 150 Å². The number of ether oxygens (including phenoxy) is 6. The minimum Gasteiger partial charge on any atom is -0.462 e. The van der Waals surface area contributed by atoms with Crippen LogP contribution in [0.1, 0.15) is 48.5 Å². The van der Waals surface area contributed by atoms with E-state index in [-0.39, 0.29) is 49.9 Å². The zero-order valence-electron chi connectivity index (χ0n) is 27.1. The summed E-state index contributed by atoms with van der Waals surface area (Å²) in [5.41, 5.74) is 3.05. The highest BCUT2D eigenvalue weighted by molar-refractivity contribution is 5.91. The first kappa shape index (κ1) is 37.9. The minimum absolute atomic E-state index is 0.0329. The Labute approximate surface area is 288 Å². The molecule has 3 aromatic carbocycles. The van der Waals surface area contributed by atoms with E-state index in [0.29, 0.717) is 28.7 Å². The summed E-state index contributed by atoms with van der Waals surface area (Å²) in [5.74, 6) is -3.65. The summed E-state index contributed by atoms with van der Waals surface area (Å²) in [6, 6.07) is 15.7. The van der Waals surface area contributed by atoms with Gasteiger partial charge in [0.05, 0.1) is 17.7 Å². The van der Waals surface area contributed by atoms with Crippen molar-refractivity contribution in [2.75, 3.05) is 6.61 Å². The molecule has 12 nitrogen and oxygen atoms in total. The molecule has 0 saturated heterocycles. The molecule has 3 aromatic rings. The Balaban J connectivity index is 1.60. The standard InChI is InChI=1S/C38H34O12/c1-5-33(39)46-21-28-13-11-26(19-30(28)23-48-35(41)7-3)37(43)45-18-17-25-9-15-32(16-10-25)50-38(44)27-12-14-29(22-47-34(40)6-2)31(20-27)24-49-36(42)8-4/h5-16,19-20H,1-4,17-18,21-24H2. The SMILES string of the molecule is C=CC(=O)OCc1ccc(C(=O)OCCc2ccc(OC(=O)c3ccc(COC(=O)C=C)c(COC(=O)C=C)c3)cc2)cc1COC(=O)C=C. The zero-order valence-corrected chi connectivity index (χ0v) is 27.1. The van der Waals surface area contributed by atoms with Crippen LogP contribution in [0.5, 0.6) is 5.75 Å². The lowest BCUT2D eigenvalue weighted by Gasteiger charge is -2.13. The van der Waals surface area contributed by atoms with Crippen molar-refractivity contribution in [2.24, 2.45) is 0 Å². The maximum atomic E-state index is 12.9. The molecule has 0 unspecified atom stereocenters. The molecule has 0 saturated carbocycles. The van der Waals surface area contributed by atoms with Crippen LogP contribution < -0.4 is 4.74 Å². The number of benzene rings is 3. The van der Waals surface area contributed by atoms with E-state index in [1.165, 1.54) is 24.3 Å². The van der Waals surface area contributed by atoms with Crippen LogP contribution in [0.15, 0.2) is 111 Å². The third-order valence-electron chi connectivity index (χ3n) is 6.79. The van der Waals surface area contributed by atoms with Gasteiger partial charge in [-0.15, -0.1) is 0 Å². The van der Waals surface area contributed by atoms with E-state index in [1.807, 2.05) is 0 Å². The van der Waals surface area contributed by atoms with Crippen molar-refractivity contribution in [3.8, 4) is 5.75 Å². The van der Waals surface area contributed by atoms with Gasteiger partial charge in [-0.05, 0) is 64.2 Å². The van der Waals surface area contributed by atoms with Crippen LogP contribution in [0.4, 0.5) is 0 Å². The summed E-state index contributed by atoms with van der Waals surface area (Å²) in [5, 5.41) is 0. The fourth-order valence-electron chi connectivity index (χ4n) is 4.12. The molecule has 0 bridgehead atoms. The summed E-state index contributed by atoms with van der Waals surface area (Å²) in [6.07, 6.45) is 4.38. The van der Waals surface area contributed by atoms with E-state index < -0.39 is 35.8 Å². The lowest BCUT2D eigenvalue weighted by atomic mass is 10.0. The normalized spacial score (nSPS) is 10.1. The number of carbonyl (C=O) groups is 6. The van der Waals surface area contributed by atoms with Crippen LogP contribution in [-0.2, 0) is 75.7 Å². The quantitative estimate of drug-likeness (QED) is 0.0747.